The number of nitriles is 1. The van der Waals surface area contributed by atoms with Crippen molar-refractivity contribution in [2.75, 3.05) is 6.54 Å². The largest absolute Gasteiger partial charge is 0.345 e. The minimum absolute atomic E-state index is 0.0825. The van der Waals surface area contributed by atoms with E-state index in [1.165, 1.54) is 11.1 Å². The number of rotatable bonds is 1. The summed E-state index contributed by atoms with van der Waals surface area (Å²) in [5, 5.41) is 9.58. The van der Waals surface area contributed by atoms with E-state index in [1.54, 1.807) is 6.33 Å². The van der Waals surface area contributed by atoms with E-state index in [0.717, 1.165) is 48.8 Å². The molecule has 0 radical (unpaired) electrons. The van der Waals surface area contributed by atoms with Crippen LogP contribution in [-0.4, -0.2) is 33.4 Å². The van der Waals surface area contributed by atoms with E-state index in [0.29, 0.717) is 5.56 Å². The quantitative estimate of drug-likeness (QED) is 0.721. The second-order valence-corrected chi connectivity index (χ2v) is 7.48. The van der Waals surface area contributed by atoms with Crippen molar-refractivity contribution in [3.63, 3.8) is 0 Å². The molecule has 1 N–H and O–H groups in total. The molecule has 2 heterocycles. The first kappa shape index (κ1) is 16.1. The number of aromatic nitrogens is 2. The zero-order valence-corrected chi connectivity index (χ0v) is 15.0. The summed E-state index contributed by atoms with van der Waals surface area (Å²) in [5.41, 5.74) is 5.69. The number of H-pyrrole nitrogens is 1. The number of nitrogens with one attached hydrogen (secondary N) is 1. The molecule has 1 amide bonds. The molecule has 1 aliphatic heterocycles. The topological polar surface area (TPSA) is 72.8 Å². The van der Waals surface area contributed by atoms with Crippen LogP contribution in [0, 0.1) is 11.3 Å². The van der Waals surface area contributed by atoms with Crippen LogP contribution in [0.5, 0.6) is 0 Å². The van der Waals surface area contributed by atoms with E-state index in [9.17, 15) is 10.1 Å². The molecule has 0 saturated carbocycles. The van der Waals surface area contributed by atoms with Crippen LogP contribution in [0.2, 0.25) is 0 Å². The van der Waals surface area contributed by atoms with Crippen LogP contribution in [0.15, 0.2) is 42.7 Å². The molecule has 1 aromatic heterocycles. The van der Waals surface area contributed by atoms with Crippen LogP contribution < -0.4 is 0 Å². The molecule has 5 rings (SSSR count). The monoisotopic (exact) mass is 356 g/mol. The fraction of sp³-hybridized carbons (Fsp3) is 0.318. The van der Waals surface area contributed by atoms with Gasteiger partial charge in [0, 0.05) is 24.1 Å². The Morgan fingerprint density at radius 1 is 1.26 bits per heavy atom. The number of imidazole rings is 1. The summed E-state index contributed by atoms with van der Waals surface area (Å²) in [6.07, 6.45) is 5.55. The SMILES string of the molecule is N#Cc1cccc2c1[C@H]1CCCN(C(=O)c3ccc4nc[nH]c4c3)C1CC2. The van der Waals surface area contributed by atoms with Gasteiger partial charge >= 0.3 is 0 Å². The molecule has 1 saturated heterocycles. The molecular formula is C22H20N4O. The first-order chi connectivity index (χ1) is 13.3. The first-order valence-electron chi connectivity index (χ1n) is 9.52. The summed E-state index contributed by atoms with van der Waals surface area (Å²) in [6.45, 7) is 0.783. The Balaban J connectivity index is 1.51. The Labute approximate surface area is 157 Å². The van der Waals surface area contributed by atoms with Gasteiger partial charge in [0.05, 0.1) is 29.0 Å². The maximum Gasteiger partial charge on any atom is 0.254 e. The van der Waals surface area contributed by atoms with E-state index >= 15 is 0 Å². The van der Waals surface area contributed by atoms with Gasteiger partial charge in [0.1, 0.15) is 0 Å². The molecule has 5 heteroatoms. The van der Waals surface area contributed by atoms with Crippen molar-refractivity contribution < 1.29 is 4.79 Å². The lowest BCUT2D eigenvalue weighted by atomic mass is 9.72. The van der Waals surface area contributed by atoms with Crippen molar-refractivity contribution in [1.82, 2.24) is 14.9 Å². The van der Waals surface area contributed by atoms with Crippen molar-refractivity contribution in [3.8, 4) is 6.07 Å². The van der Waals surface area contributed by atoms with Gasteiger partial charge in [-0.2, -0.15) is 5.26 Å². The third-order valence-corrected chi connectivity index (χ3v) is 6.10. The molecule has 1 unspecified atom stereocenters. The molecule has 0 spiro atoms. The van der Waals surface area contributed by atoms with E-state index in [4.69, 9.17) is 0 Å². The highest BCUT2D eigenvalue weighted by molar-refractivity contribution is 5.97. The molecular weight excluding hydrogens is 336 g/mol. The number of carbonyl (C=O) groups is 1. The number of aryl methyl sites for hydroxylation is 1. The number of benzene rings is 2. The standard InChI is InChI=1S/C22H20N4O/c23-12-16-4-1-3-14-7-9-20-17(21(14)16)5-2-10-26(20)22(27)15-6-8-18-19(11-15)25-13-24-18/h1,3-4,6,8,11,13,17,20H,2,5,7,9-10H2,(H,24,25)/t17-,20?/m0/s1. The number of aromatic amines is 1. The molecule has 0 bridgehead atoms. The number of nitrogens with zero attached hydrogens (tertiary/aromatic N) is 3. The predicted molar refractivity (Wildman–Crippen MR) is 102 cm³/mol. The van der Waals surface area contributed by atoms with Crippen LogP contribution in [0.3, 0.4) is 0 Å². The van der Waals surface area contributed by atoms with Gasteiger partial charge in [-0.25, -0.2) is 4.98 Å². The van der Waals surface area contributed by atoms with Gasteiger partial charge in [-0.1, -0.05) is 12.1 Å². The highest BCUT2D eigenvalue weighted by atomic mass is 16.2. The molecule has 2 aromatic carbocycles. The lowest BCUT2D eigenvalue weighted by molar-refractivity contribution is 0.0546. The number of hydrogen-bond acceptors (Lipinski definition) is 3. The average Bonchev–Trinajstić information content (AvgIpc) is 3.20. The van der Waals surface area contributed by atoms with E-state index < -0.39 is 0 Å². The second kappa shape index (κ2) is 6.24. The first-order valence-corrected chi connectivity index (χ1v) is 9.52. The summed E-state index contributed by atoms with van der Waals surface area (Å²) in [7, 11) is 0. The maximum absolute atomic E-state index is 13.3. The summed E-state index contributed by atoms with van der Waals surface area (Å²) in [5.74, 6) is 0.345. The van der Waals surface area contributed by atoms with E-state index in [1.807, 2.05) is 35.2 Å². The Kier molecular flexibility index (Phi) is 3.71. The van der Waals surface area contributed by atoms with Gasteiger partial charge in [0.25, 0.3) is 5.91 Å². The third kappa shape index (κ3) is 2.52. The molecule has 1 aliphatic carbocycles. The molecule has 3 aromatic rings. The maximum atomic E-state index is 13.3. The van der Waals surface area contributed by atoms with Crippen LogP contribution >= 0.6 is 0 Å². The van der Waals surface area contributed by atoms with Crippen molar-refractivity contribution in [1.29, 1.82) is 5.26 Å². The molecule has 27 heavy (non-hydrogen) atoms. The number of piperidine rings is 1. The predicted octanol–water partition coefficient (Wildman–Crippen LogP) is 3.77. The lowest BCUT2D eigenvalue weighted by Gasteiger charge is -2.45. The van der Waals surface area contributed by atoms with Crippen molar-refractivity contribution in [2.45, 2.75) is 37.6 Å². The Hall–Kier alpha value is -3.13. The second-order valence-electron chi connectivity index (χ2n) is 7.48. The van der Waals surface area contributed by atoms with Crippen LogP contribution in [0.25, 0.3) is 11.0 Å². The van der Waals surface area contributed by atoms with Gasteiger partial charge in [-0.3, -0.25) is 4.79 Å². The fourth-order valence-corrected chi connectivity index (χ4v) is 4.91. The van der Waals surface area contributed by atoms with Gasteiger partial charge < -0.3 is 9.88 Å². The average molecular weight is 356 g/mol. The van der Waals surface area contributed by atoms with Crippen molar-refractivity contribution in [3.05, 3.63) is 65.0 Å². The minimum Gasteiger partial charge on any atom is -0.345 e. The van der Waals surface area contributed by atoms with Crippen molar-refractivity contribution >= 4 is 16.9 Å². The summed E-state index contributed by atoms with van der Waals surface area (Å²) in [4.78, 5) is 22.7. The zero-order valence-electron chi connectivity index (χ0n) is 15.0. The molecule has 2 aliphatic rings. The number of fused-ring (bicyclic) bond motifs is 4. The zero-order chi connectivity index (χ0) is 18.4. The number of likely N-dealkylation sites (tertiary alicyclic amines) is 1. The molecule has 5 nitrogen and oxygen atoms in total. The van der Waals surface area contributed by atoms with E-state index in [2.05, 4.69) is 22.1 Å². The van der Waals surface area contributed by atoms with Crippen LogP contribution in [0.1, 0.15) is 52.2 Å². The lowest BCUT2D eigenvalue weighted by Crippen LogP contribution is -2.49. The highest BCUT2D eigenvalue weighted by Gasteiger charge is 2.39. The summed E-state index contributed by atoms with van der Waals surface area (Å²) in [6, 6.07) is 14.2. The summed E-state index contributed by atoms with van der Waals surface area (Å²) < 4.78 is 0. The number of hydrogen-bond donors (Lipinski definition) is 1. The highest BCUT2D eigenvalue weighted by Crippen LogP contribution is 2.42. The van der Waals surface area contributed by atoms with Gasteiger partial charge in [0.2, 0.25) is 0 Å². The van der Waals surface area contributed by atoms with E-state index in [-0.39, 0.29) is 17.9 Å². The molecule has 2 atom stereocenters. The Morgan fingerprint density at radius 2 is 2.19 bits per heavy atom. The minimum atomic E-state index is 0.0825. The van der Waals surface area contributed by atoms with Gasteiger partial charge in [-0.05, 0) is 61.1 Å². The molecule has 134 valence electrons. The van der Waals surface area contributed by atoms with Gasteiger partial charge in [0.15, 0.2) is 0 Å². The summed E-state index contributed by atoms with van der Waals surface area (Å²) >= 11 is 0. The third-order valence-electron chi connectivity index (χ3n) is 6.10. The van der Waals surface area contributed by atoms with Crippen LogP contribution in [-0.2, 0) is 6.42 Å². The number of carbonyl (C=O) groups excluding carboxylic acids is 1. The van der Waals surface area contributed by atoms with Crippen molar-refractivity contribution in [2.24, 2.45) is 0 Å². The normalized spacial score (nSPS) is 21.4. The smallest absolute Gasteiger partial charge is 0.254 e. The molecule has 1 fully saturated rings. The number of amides is 1. The van der Waals surface area contributed by atoms with Crippen LogP contribution in [0.4, 0.5) is 0 Å². The Bertz CT molecular complexity index is 1080. The van der Waals surface area contributed by atoms with Gasteiger partial charge in [-0.15, -0.1) is 0 Å². The Morgan fingerprint density at radius 3 is 3.07 bits per heavy atom. The fourth-order valence-electron chi connectivity index (χ4n) is 4.91.